The number of benzene rings is 2. The third-order valence-corrected chi connectivity index (χ3v) is 3.13. The maximum absolute atomic E-state index is 5.97. The van der Waals surface area contributed by atoms with Crippen molar-refractivity contribution in [3.63, 3.8) is 0 Å². The molecular formula is C14H12ClNO2. The van der Waals surface area contributed by atoms with Crippen LogP contribution in [0, 0.1) is 0 Å². The lowest BCUT2D eigenvalue weighted by molar-refractivity contribution is 0.412. The fraction of sp³-hybridized carbons (Fsp3) is 0.143. The maximum atomic E-state index is 5.97. The Kier molecular flexibility index (Phi) is 2.76. The van der Waals surface area contributed by atoms with Gasteiger partial charge >= 0.3 is 0 Å². The lowest BCUT2D eigenvalue weighted by Gasteiger charge is -2.08. The molecule has 0 saturated carbocycles. The van der Waals surface area contributed by atoms with E-state index in [-0.39, 0.29) is 0 Å². The van der Waals surface area contributed by atoms with Crippen LogP contribution < -0.4 is 14.8 Å². The molecule has 1 aliphatic rings. The van der Waals surface area contributed by atoms with Gasteiger partial charge in [-0.15, -0.1) is 0 Å². The third-order valence-electron chi connectivity index (χ3n) is 2.90. The second-order valence-electron chi connectivity index (χ2n) is 4.07. The summed E-state index contributed by atoms with van der Waals surface area (Å²) in [5.74, 6) is 2.44. The molecule has 1 aliphatic heterocycles. The summed E-state index contributed by atoms with van der Waals surface area (Å²) in [5, 5.41) is 4.00. The zero-order chi connectivity index (χ0) is 12.5. The Labute approximate surface area is 110 Å². The Morgan fingerprint density at radius 3 is 2.83 bits per heavy atom. The minimum absolute atomic E-state index is 0.680. The Balaban J connectivity index is 2.02. The van der Waals surface area contributed by atoms with E-state index in [4.69, 9.17) is 21.1 Å². The van der Waals surface area contributed by atoms with Crippen molar-refractivity contribution in [2.45, 2.75) is 6.54 Å². The van der Waals surface area contributed by atoms with Crippen molar-refractivity contribution in [3.8, 4) is 17.2 Å². The Morgan fingerprint density at radius 1 is 1.17 bits per heavy atom. The van der Waals surface area contributed by atoms with Crippen molar-refractivity contribution in [2.75, 3.05) is 12.4 Å². The summed E-state index contributed by atoms with van der Waals surface area (Å²) in [6.07, 6.45) is 0. The van der Waals surface area contributed by atoms with Crippen molar-refractivity contribution in [1.82, 2.24) is 0 Å². The lowest BCUT2D eigenvalue weighted by Crippen LogP contribution is -1.97. The zero-order valence-electron chi connectivity index (χ0n) is 9.87. The first-order valence-corrected chi connectivity index (χ1v) is 6.02. The molecule has 3 nitrogen and oxygen atoms in total. The minimum Gasteiger partial charge on any atom is -0.497 e. The highest BCUT2D eigenvalue weighted by atomic mass is 35.5. The molecule has 0 unspecified atom stereocenters. The number of nitrogens with one attached hydrogen (secondary N) is 1. The summed E-state index contributed by atoms with van der Waals surface area (Å²) in [4.78, 5) is 0. The Morgan fingerprint density at radius 2 is 2.00 bits per heavy atom. The molecule has 0 bridgehead atoms. The van der Waals surface area contributed by atoms with Crippen LogP contribution in [-0.2, 0) is 6.54 Å². The molecule has 4 heteroatoms. The molecule has 92 valence electrons. The highest BCUT2D eigenvalue weighted by molar-refractivity contribution is 6.30. The second kappa shape index (κ2) is 4.42. The van der Waals surface area contributed by atoms with Crippen LogP contribution in [-0.4, -0.2) is 7.11 Å². The number of hydrogen-bond donors (Lipinski definition) is 1. The molecule has 0 atom stereocenters. The van der Waals surface area contributed by atoms with Gasteiger partial charge in [0.2, 0.25) is 0 Å². The van der Waals surface area contributed by atoms with Gasteiger partial charge in [-0.3, -0.25) is 0 Å². The van der Waals surface area contributed by atoms with E-state index in [1.54, 1.807) is 7.11 Å². The minimum atomic E-state index is 0.680. The van der Waals surface area contributed by atoms with Crippen LogP contribution in [0.3, 0.4) is 0 Å². The Hall–Kier alpha value is -1.87. The molecule has 1 N–H and O–H groups in total. The molecule has 0 aromatic heterocycles. The quantitative estimate of drug-likeness (QED) is 0.839. The van der Waals surface area contributed by atoms with E-state index >= 15 is 0 Å². The number of methoxy groups -OCH3 is 1. The summed E-state index contributed by atoms with van der Waals surface area (Å²) in [6, 6.07) is 11.3. The monoisotopic (exact) mass is 261 g/mol. The summed E-state index contributed by atoms with van der Waals surface area (Å²) < 4.78 is 11.1. The topological polar surface area (TPSA) is 30.5 Å². The van der Waals surface area contributed by atoms with E-state index in [1.807, 2.05) is 36.4 Å². The molecule has 3 rings (SSSR count). The van der Waals surface area contributed by atoms with E-state index < -0.39 is 0 Å². The van der Waals surface area contributed by atoms with Crippen molar-refractivity contribution in [2.24, 2.45) is 0 Å². The summed E-state index contributed by atoms with van der Waals surface area (Å²) in [5.41, 5.74) is 1.96. The van der Waals surface area contributed by atoms with Crippen LogP contribution in [0.15, 0.2) is 36.4 Å². The first kappa shape index (κ1) is 11.2. The maximum Gasteiger partial charge on any atom is 0.150 e. The number of rotatable bonds is 1. The van der Waals surface area contributed by atoms with E-state index in [9.17, 15) is 0 Å². The first-order chi connectivity index (χ1) is 8.76. The molecule has 0 amide bonds. The summed E-state index contributed by atoms with van der Waals surface area (Å²) in [6.45, 7) is 0.680. The predicted octanol–water partition coefficient (Wildman–Crippen LogP) is 4.07. The van der Waals surface area contributed by atoms with Crippen LogP contribution in [0.2, 0.25) is 5.02 Å². The van der Waals surface area contributed by atoms with Gasteiger partial charge in [0, 0.05) is 17.1 Å². The van der Waals surface area contributed by atoms with Crippen molar-refractivity contribution < 1.29 is 9.47 Å². The summed E-state index contributed by atoms with van der Waals surface area (Å²) in [7, 11) is 1.65. The van der Waals surface area contributed by atoms with Crippen molar-refractivity contribution >= 4 is 17.3 Å². The fourth-order valence-electron chi connectivity index (χ4n) is 1.96. The average Bonchev–Trinajstić information content (AvgIpc) is 2.57. The van der Waals surface area contributed by atoms with Gasteiger partial charge in [0.25, 0.3) is 0 Å². The molecule has 0 fully saturated rings. The second-order valence-corrected chi connectivity index (χ2v) is 4.51. The van der Waals surface area contributed by atoms with Gasteiger partial charge in [-0.2, -0.15) is 0 Å². The van der Waals surface area contributed by atoms with Crippen LogP contribution in [0.5, 0.6) is 17.2 Å². The highest BCUT2D eigenvalue weighted by Crippen LogP contribution is 2.38. The largest absolute Gasteiger partial charge is 0.497 e. The van der Waals surface area contributed by atoms with Crippen molar-refractivity contribution in [3.05, 3.63) is 47.0 Å². The SMILES string of the molecule is COc1ccc2c(c1)CNc1cc(Cl)ccc1O2. The van der Waals surface area contributed by atoms with E-state index in [0.717, 1.165) is 28.5 Å². The first-order valence-electron chi connectivity index (χ1n) is 5.64. The van der Waals surface area contributed by atoms with Gasteiger partial charge < -0.3 is 14.8 Å². The molecule has 0 radical (unpaired) electrons. The number of halogens is 1. The lowest BCUT2D eigenvalue weighted by atomic mass is 10.2. The van der Waals surface area contributed by atoms with Gasteiger partial charge in [-0.25, -0.2) is 0 Å². The van der Waals surface area contributed by atoms with E-state index in [0.29, 0.717) is 11.6 Å². The Bertz CT molecular complexity index is 598. The highest BCUT2D eigenvalue weighted by Gasteiger charge is 2.14. The number of hydrogen-bond acceptors (Lipinski definition) is 3. The van der Waals surface area contributed by atoms with Gasteiger partial charge in [-0.05, 0) is 36.4 Å². The number of ether oxygens (including phenoxy) is 2. The molecule has 2 aromatic carbocycles. The number of fused-ring (bicyclic) bond motifs is 2. The molecule has 1 heterocycles. The van der Waals surface area contributed by atoms with Gasteiger partial charge in [0.1, 0.15) is 11.5 Å². The molecule has 0 spiro atoms. The van der Waals surface area contributed by atoms with Crippen molar-refractivity contribution in [1.29, 1.82) is 0 Å². The zero-order valence-corrected chi connectivity index (χ0v) is 10.6. The smallest absolute Gasteiger partial charge is 0.150 e. The van der Waals surface area contributed by atoms with Crippen LogP contribution >= 0.6 is 11.6 Å². The van der Waals surface area contributed by atoms with Crippen LogP contribution in [0.4, 0.5) is 5.69 Å². The standard InChI is InChI=1S/C14H12ClNO2/c1-17-11-3-5-13-9(6-11)8-16-12-7-10(15)2-4-14(12)18-13/h2-7,16H,8H2,1H3. The van der Waals surface area contributed by atoms with E-state index in [2.05, 4.69) is 5.32 Å². The average molecular weight is 262 g/mol. The summed E-state index contributed by atoms with van der Waals surface area (Å²) >= 11 is 5.97. The predicted molar refractivity (Wildman–Crippen MR) is 71.8 cm³/mol. The van der Waals surface area contributed by atoms with Gasteiger partial charge in [0.05, 0.1) is 12.8 Å². The fourth-order valence-corrected chi connectivity index (χ4v) is 2.13. The normalized spacial score (nSPS) is 12.6. The number of anilines is 1. The van der Waals surface area contributed by atoms with Gasteiger partial charge in [0.15, 0.2) is 5.75 Å². The molecule has 18 heavy (non-hydrogen) atoms. The van der Waals surface area contributed by atoms with E-state index in [1.165, 1.54) is 0 Å². The molecule has 0 saturated heterocycles. The third kappa shape index (κ3) is 1.97. The van der Waals surface area contributed by atoms with Gasteiger partial charge in [-0.1, -0.05) is 11.6 Å². The van der Waals surface area contributed by atoms with Crippen LogP contribution in [0.25, 0.3) is 0 Å². The molecule has 0 aliphatic carbocycles. The van der Waals surface area contributed by atoms with Crippen LogP contribution in [0.1, 0.15) is 5.56 Å². The molecular weight excluding hydrogens is 250 g/mol. The molecule has 2 aromatic rings.